The van der Waals surface area contributed by atoms with Gasteiger partial charge in [0.05, 0.1) is 0 Å². The Hall–Kier alpha value is -1.83. The molecule has 0 unspecified atom stereocenters. The molecule has 0 spiro atoms. The summed E-state index contributed by atoms with van der Waals surface area (Å²) in [4.78, 5) is 18.0. The zero-order valence-electron chi connectivity index (χ0n) is 17.4. The molecular weight excluding hydrogens is 434 g/mol. The van der Waals surface area contributed by atoms with Crippen molar-refractivity contribution in [3.8, 4) is 22.6 Å². The molecule has 0 saturated carbocycles. The Morgan fingerprint density at radius 2 is 1.40 bits per heavy atom. The molecule has 0 fully saturated rings. The van der Waals surface area contributed by atoms with Crippen LogP contribution >= 0.6 is 35.3 Å². The second kappa shape index (κ2) is 10.5. The molecule has 3 rings (SSSR count). The monoisotopic (exact) mass is 459 g/mol. The number of benzene rings is 2. The van der Waals surface area contributed by atoms with Crippen LogP contribution < -0.4 is 0 Å². The molecule has 0 aliphatic heterocycles. The summed E-state index contributed by atoms with van der Waals surface area (Å²) in [6, 6.07) is 16.5. The van der Waals surface area contributed by atoms with Crippen molar-refractivity contribution < 1.29 is 14.3 Å². The van der Waals surface area contributed by atoms with Crippen molar-refractivity contribution >= 4 is 41.3 Å². The summed E-state index contributed by atoms with van der Waals surface area (Å²) in [5, 5.41) is 10.4. The van der Waals surface area contributed by atoms with Crippen LogP contribution in [0.15, 0.2) is 68.0 Å². The van der Waals surface area contributed by atoms with Gasteiger partial charge in [-0.2, -0.15) is 0 Å². The molecule has 0 atom stereocenters. The fourth-order valence-corrected chi connectivity index (χ4v) is 5.02. The normalized spacial score (nSPS) is 11.4. The van der Waals surface area contributed by atoms with E-state index in [0.717, 1.165) is 28.6 Å². The van der Waals surface area contributed by atoms with E-state index >= 15 is 0 Å². The van der Waals surface area contributed by atoms with E-state index in [1.165, 1.54) is 9.79 Å². The number of aliphatic carboxylic acids is 1. The summed E-state index contributed by atoms with van der Waals surface area (Å²) in [5.74, 6) is -0.326. The molecule has 30 heavy (non-hydrogen) atoms. The third kappa shape index (κ3) is 6.33. The standard InChI is InChI=1S/C23H25NO3S3/c1-14(2)29-18-9-5-16(6-10-18)21-22(27-23(24-21)28-13-20(25)26)17-7-11-19(12-8-17)30-15(3)4/h5-12,14-15H,13H2,1-4H3,(H,25,26). The zero-order valence-corrected chi connectivity index (χ0v) is 19.9. The van der Waals surface area contributed by atoms with Crippen molar-refractivity contribution in [3.05, 3.63) is 48.5 Å². The molecule has 2 aromatic carbocycles. The van der Waals surface area contributed by atoms with Gasteiger partial charge in [-0.05, 0) is 24.3 Å². The number of nitrogens with zero attached hydrogens (tertiary/aromatic N) is 1. The molecule has 3 aromatic rings. The maximum absolute atomic E-state index is 11.0. The predicted molar refractivity (Wildman–Crippen MR) is 128 cm³/mol. The van der Waals surface area contributed by atoms with Crippen molar-refractivity contribution in [2.75, 3.05) is 5.75 Å². The summed E-state index contributed by atoms with van der Waals surface area (Å²) < 4.78 is 6.00. The summed E-state index contributed by atoms with van der Waals surface area (Å²) in [6.45, 7) is 8.67. The Bertz CT molecular complexity index is 909. The molecule has 0 bridgehead atoms. The zero-order chi connectivity index (χ0) is 21.7. The lowest BCUT2D eigenvalue weighted by Crippen LogP contribution is -1.97. The average molecular weight is 460 g/mol. The molecule has 0 amide bonds. The van der Waals surface area contributed by atoms with E-state index in [9.17, 15) is 4.79 Å². The second-order valence-electron chi connectivity index (χ2n) is 7.22. The largest absolute Gasteiger partial charge is 0.481 e. The average Bonchev–Trinajstić information content (AvgIpc) is 3.11. The second-order valence-corrected chi connectivity index (χ2v) is 11.4. The minimum Gasteiger partial charge on any atom is -0.481 e. The van der Waals surface area contributed by atoms with Crippen molar-refractivity contribution in [1.82, 2.24) is 4.98 Å². The maximum Gasteiger partial charge on any atom is 0.314 e. The fourth-order valence-electron chi connectivity index (χ4n) is 2.80. The van der Waals surface area contributed by atoms with Crippen LogP contribution in [0.3, 0.4) is 0 Å². The van der Waals surface area contributed by atoms with Crippen LogP contribution in [0.2, 0.25) is 0 Å². The highest BCUT2D eigenvalue weighted by Gasteiger charge is 2.18. The molecule has 1 heterocycles. The van der Waals surface area contributed by atoms with E-state index in [-0.39, 0.29) is 5.75 Å². The van der Waals surface area contributed by atoms with Crippen molar-refractivity contribution in [2.24, 2.45) is 0 Å². The Morgan fingerprint density at radius 3 is 1.87 bits per heavy atom. The number of rotatable bonds is 9. The fraction of sp³-hybridized carbons (Fsp3) is 0.304. The molecular formula is C23H25NO3S3. The van der Waals surface area contributed by atoms with Crippen LogP contribution in [0.25, 0.3) is 22.6 Å². The van der Waals surface area contributed by atoms with Gasteiger partial charge in [0.15, 0.2) is 5.76 Å². The van der Waals surface area contributed by atoms with Crippen LogP contribution in [-0.2, 0) is 4.79 Å². The number of carboxylic acids is 1. The lowest BCUT2D eigenvalue weighted by molar-refractivity contribution is -0.133. The van der Waals surface area contributed by atoms with E-state index in [4.69, 9.17) is 9.52 Å². The van der Waals surface area contributed by atoms with Gasteiger partial charge in [0, 0.05) is 31.4 Å². The number of carbonyl (C=O) groups is 1. The van der Waals surface area contributed by atoms with Gasteiger partial charge in [-0.15, -0.1) is 23.5 Å². The molecule has 0 aliphatic rings. The molecule has 7 heteroatoms. The van der Waals surface area contributed by atoms with Crippen LogP contribution in [0, 0.1) is 0 Å². The van der Waals surface area contributed by atoms with Gasteiger partial charge >= 0.3 is 5.97 Å². The van der Waals surface area contributed by atoms with Gasteiger partial charge in [0.1, 0.15) is 11.4 Å². The lowest BCUT2D eigenvalue weighted by atomic mass is 10.1. The van der Waals surface area contributed by atoms with Crippen molar-refractivity contribution in [2.45, 2.75) is 53.2 Å². The molecule has 158 valence electrons. The summed E-state index contributed by atoms with van der Waals surface area (Å²) in [7, 11) is 0. The Morgan fingerprint density at radius 1 is 0.900 bits per heavy atom. The van der Waals surface area contributed by atoms with Gasteiger partial charge in [-0.3, -0.25) is 4.79 Å². The SMILES string of the molecule is CC(C)Sc1ccc(-c2nc(SCC(=O)O)oc2-c2ccc(SC(C)C)cc2)cc1. The smallest absolute Gasteiger partial charge is 0.314 e. The van der Waals surface area contributed by atoms with Crippen LogP contribution in [0.4, 0.5) is 0 Å². The molecule has 4 nitrogen and oxygen atoms in total. The van der Waals surface area contributed by atoms with E-state index < -0.39 is 5.97 Å². The highest BCUT2D eigenvalue weighted by Crippen LogP contribution is 2.37. The minimum atomic E-state index is -0.897. The van der Waals surface area contributed by atoms with Crippen LogP contribution in [0.1, 0.15) is 27.7 Å². The third-order valence-corrected chi connectivity index (χ3v) is 6.76. The third-order valence-electron chi connectivity index (χ3n) is 3.91. The van der Waals surface area contributed by atoms with Crippen molar-refractivity contribution in [3.63, 3.8) is 0 Å². The van der Waals surface area contributed by atoms with Gasteiger partial charge in [-0.25, -0.2) is 4.98 Å². The van der Waals surface area contributed by atoms with E-state index in [1.807, 2.05) is 47.8 Å². The Balaban J connectivity index is 1.95. The number of thioether (sulfide) groups is 3. The number of aromatic nitrogens is 1. The molecule has 1 aromatic heterocycles. The first-order valence-electron chi connectivity index (χ1n) is 9.71. The first kappa shape index (κ1) is 22.8. The predicted octanol–water partition coefficient (Wildman–Crippen LogP) is 7.19. The maximum atomic E-state index is 11.0. The van der Waals surface area contributed by atoms with Crippen LogP contribution in [-0.4, -0.2) is 32.3 Å². The number of carboxylic acid groups (broad SMARTS) is 1. The number of hydrogen-bond acceptors (Lipinski definition) is 6. The molecule has 1 N–H and O–H groups in total. The van der Waals surface area contributed by atoms with Gasteiger partial charge in [-0.1, -0.05) is 63.7 Å². The molecule has 0 aliphatic carbocycles. The Labute approximate surface area is 190 Å². The molecule has 0 saturated heterocycles. The van der Waals surface area contributed by atoms with E-state index in [0.29, 0.717) is 21.5 Å². The highest BCUT2D eigenvalue weighted by atomic mass is 32.2. The first-order chi connectivity index (χ1) is 14.3. The van der Waals surface area contributed by atoms with Gasteiger partial charge in [0.25, 0.3) is 5.22 Å². The minimum absolute atomic E-state index is 0.0900. The highest BCUT2D eigenvalue weighted by molar-refractivity contribution is 8.00. The number of hydrogen-bond donors (Lipinski definition) is 1. The van der Waals surface area contributed by atoms with E-state index in [2.05, 4.69) is 56.9 Å². The topological polar surface area (TPSA) is 63.3 Å². The Kier molecular flexibility index (Phi) is 7.97. The van der Waals surface area contributed by atoms with Crippen molar-refractivity contribution in [1.29, 1.82) is 0 Å². The lowest BCUT2D eigenvalue weighted by Gasteiger charge is -2.07. The van der Waals surface area contributed by atoms with Gasteiger partial charge in [0.2, 0.25) is 0 Å². The summed E-state index contributed by atoms with van der Waals surface area (Å²) in [6.07, 6.45) is 0. The van der Waals surface area contributed by atoms with E-state index in [1.54, 1.807) is 0 Å². The summed E-state index contributed by atoms with van der Waals surface area (Å²) >= 11 is 4.71. The quantitative estimate of drug-likeness (QED) is 0.340. The first-order valence-corrected chi connectivity index (χ1v) is 12.5. The summed E-state index contributed by atoms with van der Waals surface area (Å²) in [5.41, 5.74) is 2.60. The van der Waals surface area contributed by atoms with Gasteiger partial charge < -0.3 is 9.52 Å². The van der Waals surface area contributed by atoms with Crippen LogP contribution in [0.5, 0.6) is 0 Å². The number of oxazole rings is 1. The molecule has 0 radical (unpaired) electrons.